The van der Waals surface area contributed by atoms with Crippen LogP contribution in [0.2, 0.25) is 10.0 Å². The normalized spacial score (nSPS) is 10.8. The van der Waals surface area contributed by atoms with Gasteiger partial charge >= 0.3 is 0 Å². The van der Waals surface area contributed by atoms with Crippen molar-refractivity contribution in [2.24, 2.45) is 0 Å². The number of carbonyl (C=O) groups excluding carboxylic acids is 1. The number of nitrogens with zero attached hydrogens (tertiary/aromatic N) is 3. The fraction of sp³-hybridized carbons (Fsp3) is 0.130. The Morgan fingerprint density at radius 2 is 1.88 bits per heavy atom. The first-order valence-corrected chi connectivity index (χ1v) is 12.3. The van der Waals surface area contributed by atoms with Crippen LogP contribution in [0.3, 0.4) is 0 Å². The molecular formula is C23H18Cl2N4O2S2. The number of amides is 1. The molecule has 0 aliphatic rings. The second-order valence-corrected chi connectivity index (χ2v) is 9.72. The van der Waals surface area contributed by atoms with Gasteiger partial charge in [0, 0.05) is 10.6 Å². The Bertz CT molecular complexity index is 1280. The second-order valence-electron chi connectivity index (χ2n) is 6.88. The highest BCUT2D eigenvalue weighted by molar-refractivity contribution is 7.99. The Labute approximate surface area is 209 Å². The number of ether oxygens (including phenoxy) is 1. The quantitative estimate of drug-likeness (QED) is 0.278. The first-order chi connectivity index (χ1) is 15.9. The maximum atomic E-state index is 12.3. The van der Waals surface area contributed by atoms with Gasteiger partial charge in [0.15, 0.2) is 0 Å². The fourth-order valence-corrected chi connectivity index (χ4v) is 4.92. The fourth-order valence-electron chi connectivity index (χ4n) is 2.93. The second kappa shape index (κ2) is 10.5. The summed E-state index contributed by atoms with van der Waals surface area (Å²) in [7, 11) is 1.64. The molecule has 1 amide bonds. The third-order valence-electron chi connectivity index (χ3n) is 4.56. The zero-order valence-corrected chi connectivity index (χ0v) is 20.8. The summed E-state index contributed by atoms with van der Waals surface area (Å²) in [6.07, 6.45) is 0. The molecule has 168 valence electrons. The maximum Gasteiger partial charge on any atom is 0.234 e. The first kappa shape index (κ1) is 23.5. The monoisotopic (exact) mass is 516 g/mol. The topological polar surface area (TPSA) is 77.0 Å². The molecule has 0 fully saturated rings. The molecule has 1 N–H and O–H groups in total. The van der Waals surface area contributed by atoms with Crippen LogP contribution in [-0.4, -0.2) is 34.0 Å². The van der Waals surface area contributed by atoms with E-state index in [2.05, 4.69) is 20.5 Å². The number of methoxy groups -OCH3 is 1. The SMILES string of the molecule is COc1ccc(-c2nc(C)c(-c3ccc(SCC(=O)Nc4cc(Cl)ccc4Cl)nn3)s2)cc1. The Morgan fingerprint density at radius 1 is 1.09 bits per heavy atom. The smallest absolute Gasteiger partial charge is 0.234 e. The first-order valence-electron chi connectivity index (χ1n) is 9.76. The van der Waals surface area contributed by atoms with Crippen LogP contribution < -0.4 is 10.1 Å². The average Bonchev–Trinajstić information content (AvgIpc) is 3.22. The van der Waals surface area contributed by atoms with Gasteiger partial charge in [-0.15, -0.1) is 21.5 Å². The van der Waals surface area contributed by atoms with E-state index in [1.54, 1.807) is 36.6 Å². The molecule has 10 heteroatoms. The molecule has 0 saturated heterocycles. The van der Waals surface area contributed by atoms with Crippen LogP contribution in [0, 0.1) is 6.92 Å². The van der Waals surface area contributed by atoms with Gasteiger partial charge in [-0.2, -0.15) is 0 Å². The number of thioether (sulfide) groups is 1. The van der Waals surface area contributed by atoms with Crippen molar-refractivity contribution in [1.82, 2.24) is 15.2 Å². The number of hydrogen-bond acceptors (Lipinski definition) is 7. The van der Waals surface area contributed by atoms with Crippen molar-refractivity contribution in [1.29, 1.82) is 0 Å². The number of rotatable bonds is 7. The molecule has 4 aromatic rings. The number of benzene rings is 2. The summed E-state index contributed by atoms with van der Waals surface area (Å²) < 4.78 is 5.22. The molecule has 2 aromatic carbocycles. The predicted molar refractivity (Wildman–Crippen MR) is 136 cm³/mol. The molecule has 2 heterocycles. The van der Waals surface area contributed by atoms with Crippen LogP contribution in [0.5, 0.6) is 5.75 Å². The molecular weight excluding hydrogens is 499 g/mol. The lowest BCUT2D eigenvalue weighted by Crippen LogP contribution is -2.14. The number of halogens is 2. The molecule has 0 bridgehead atoms. The Hall–Kier alpha value is -2.65. The van der Waals surface area contributed by atoms with Gasteiger partial charge in [-0.1, -0.05) is 35.0 Å². The minimum absolute atomic E-state index is 0.165. The van der Waals surface area contributed by atoms with Crippen molar-refractivity contribution in [3.63, 3.8) is 0 Å². The molecule has 0 aliphatic heterocycles. The molecule has 0 radical (unpaired) electrons. The lowest BCUT2D eigenvalue weighted by molar-refractivity contribution is -0.113. The predicted octanol–water partition coefficient (Wildman–Crippen LogP) is 6.62. The van der Waals surface area contributed by atoms with E-state index in [0.29, 0.717) is 20.8 Å². The van der Waals surface area contributed by atoms with E-state index in [9.17, 15) is 4.79 Å². The number of thiazole rings is 1. The van der Waals surface area contributed by atoms with E-state index in [1.807, 2.05) is 43.3 Å². The van der Waals surface area contributed by atoms with Gasteiger partial charge in [0.25, 0.3) is 0 Å². The van der Waals surface area contributed by atoms with Crippen LogP contribution in [-0.2, 0) is 4.79 Å². The number of nitrogens with one attached hydrogen (secondary N) is 1. The molecule has 33 heavy (non-hydrogen) atoms. The van der Waals surface area contributed by atoms with Gasteiger partial charge in [0.05, 0.1) is 34.1 Å². The molecule has 0 saturated carbocycles. The highest BCUT2D eigenvalue weighted by Crippen LogP contribution is 2.35. The highest BCUT2D eigenvalue weighted by atomic mass is 35.5. The lowest BCUT2D eigenvalue weighted by atomic mass is 10.2. The van der Waals surface area contributed by atoms with Crippen LogP contribution in [0.1, 0.15) is 5.69 Å². The van der Waals surface area contributed by atoms with E-state index < -0.39 is 0 Å². The molecule has 0 unspecified atom stereocenters. The molecule has 2 aromatic heterocycles. The third kappa shape index (κ3) is 5.83. The number of aromatic nitrogens is 3. The van der Waals surface area contributed by atoms with Gasteiger partial charge in [-0.05, 0) is 61.5 Å². The third-order valence-corrected chi connectivity index (χ3v) is 7.27. The van der Waals surface area contributed by atoms with E-state index in [4.69, 9.17) is 27.9 Å². The van der Waals surface area contributed by atoms with Crippen LogP contribution in [0.4, 0.5) is 5.69 Å². The summed E-state index contributed by atoms with van der Waals surface area (Å²) in [6, 6.07) is 16.4. The summed E-state index contributed by atoms with van der Waals surface area (Å²) in [4.78, 5) is 17.9. The van der Waals surface area contributed by atoms with Crippen molar-refractivity contribution in [3.8, 4) is 26.9 Å². The van der Waals surface area contributed by atoms with Crippen LogP contribution in [0.15, 0.2) is 59.6 Å². The standard InChI is InChI=1S/C23H18Cl2N4O2S2/c1-13-22(33-23(26-13)14-3-6-16(31-2)7-4-14)18-9-10-21(29-28-18)32-12-20(30)27-19-11-15(24)5-8-17(19)25/h3-11H,12H2,1-2H3,(H,27,30). The van der Waals surface area contributed by atoms with Gasteiger partial charge in [0.1, 0.15) is 21.5 Å². The highest BCUT2D eigenvalue weighted by Gasteiger charge is 2.14. The van der Waals surface area contributed by atoms with Gasteiger partial charge < -0.3 is 10.1 Å². The Balaban J connectivity index is 1.40. The number of aryl methyl sites for hydroxylation is 1. The summed E-state index contributed by atoms with van der Waals surface area (Å²) in [5.74, 6) is 0.756. The van der Waals surface area contributed by atoms with Crippen molar-refractivity contribution < 1.29 is 9.53 Å². The van der Waals surface area contributed by atoms with Crippen molar-refractivity contribution in [3.05, 3.63) is 70.3 Å². The number of anilines is 1. The lowest BCUT2D eigenvalue weighted by Gasteiger charge is -2.07. The summed E-state index contributed by atoms with van der Waals surface area (Å²) in [6.45, 7) is 1.95. The minimum atomic E-state index is -0.211. The van der Waals surface area contributed by atoms with Crippen LogP contribution >= 0.6 is 46.3 Å². The van der Waals surface area contributed by atoms with Crippen molar-refractivity contribution in [2.45, 2.75) is 11.9 Å². The van der Waals surface area contributed by atoms with Crippen LogP contribution in [0.25, 0.3) is 21.1 Å². The maximum absolute atomic E-state index is 12.3. The molecule has 6 nitrogen and oxygen atoms in total. The van der Waals surface area contributed by atoms with E-state index in [1.165, 1.54) is 11.8 Å². The Kier molecular flexibility index (Phi) is 7.49. The van der Waals surface area contributed by atoms with Gasteiger partial charge in [-0.3, -0.25) is 4.79 Å². The van der Waals surface area contributed by atoms with Gasteiger partial charge in [-0.25, -0.2) is 4.98 Å². The number of hydrogen-bond donors (Lipinski definition) is 1. The molecule has 0 spiro atoms. The van der Waals surface area contributed by atoms with E-state index in [-0.39, 0.29) is 11.7 Å². The summed E-state index contributed by atoms with van der Waals surface area (Å²) in [5, 5.41) is 13.8. The van der Waals surface area contributed by atoms with Gasteiger partial charge in [0.2, 0.25) is 5.91 Å². The minimum Gasteiger partial charge on any atom is -0.497 e. The Morgan fingerprint density at radius 3 is 2.58 bits per heavy atom. The summed E-state index contributed by atoms with van der Waals surface area (Å²) in [5.41, 5.74) is 3.12. The average molecular weight is 517 g/mol. The zero-order valence-electron chi connectivity index (χ0n) is 17.6. The largest absolute Gasteiger partial charge is 0.497 e. The zero-order chi connectivity index (χ0) is 23.4. The van der Waals surface area contributed by atoms with Crippen molar-refractivity contribution in [2.75, 3.05) is 18.2 Å². The van der Waals surface area contributed by atoms with Crippen molar-refractivity contribution >= 4 is 57.9 Å². The molecule has 4 rings (SSSR count). The molecule has 0 atom stereocenters. The summed E-state index contributed by atoms with van der Waals surface area (Å²) >= 11 is 14.9. The number of carbonyl (C=O) groups is 1. The van der Waals surface area contributed by atoms with E-state index in [0.717, 1.165) is 32.6 Å². The van der Waals surface area contributed by atoms with E-state index >= 15 is 0 Å². The molecule has 0 aliphatic carbocycles.